The third kappa shape index (κ3) is 5.88. The Morgan fingerprint density at radius 3 is 2.56 bits per heavy atom. The number of amides is 2. The lowest BCUT2D eigenvalue weighted by Gasteiger charge is -2.34. The lowest BCUT2D eigenvalue weighted by molar-refractivity contribution is -0.133. The topological polar surface area (TPSA) is 101 Å². The van der Waals surface area contributed by atoms with E-state index in [9.17, 15) is 9.59 Å². The van der Waals surface area contributed by atoms with Crippen LogP contribution in [0.1, 0.15) is 29.6 Å². The number of piperazine rings is 1. The SMILES string of the molecule is CCN1CCN(C(=O)CCN(Cc2ccco2)C(=O)c2cc(-c3cc(OC)ccc3OC)on2)CC1. The molecule has 1 aromatic carbocycles. The van der Waals surface area contributed by atoms with Gasteiger partial charge in [0.15, 0.2) is 11.5 Å². The van der Waals surface area contributed by atoms with Crippen molar-refractivity contribution < 1.29 is 28.0 Å². The highest BCUT2D eigenvalue weighted by Crippen LogP contribution is 2.34. The number of nitrogens with zero attached hydrogens (tertiary/aromatic N) is 4. The van der Waals surface area contributed by atoms with Crippen molar-refractivity contribution in [2.24, 2.45) is 0 Å². The quantitative estimate of drug-likeness (QED) is 0.422. The lowest BCUT2D eigenvalue weighted by Crippen LogP contribution is -2.49. The van der Waals surface area contributed by atoms with Crippen LogP contribution in [0.15, 0.2) is 51.6 Å². The zero-order chi connectivity index (χ0) is 25.5. The predicted molar refractivity (Wildman–Crippen MR) is 132 cm³/mol. The number of furan rings is 1. The van der Waals surface area contributed by atoms with Crippen LogP contribution in [0.5, 0.6) is 11.5 Å². The number of methoxy groups -OCH3 is 2. The molecule has 3 heterocycles. The minimum atomic E-state index is -0.355. The largest absolute Gasteiger partial charge is 0.497 e. The molecule has 0 N–H and O–H groups in total. The van der Waals surface area contributed by atoms with Gasteiger partial charge in [0, 0.05) is 45.2 Å². The van der Waals surface area contributed by atoms with E-state index in [2.05, 4.69) is 17.0 Å². The van der Waals surface area contributed by atoms with E-state index in [0.717, 1.165) is 19.6 Å². The number of hydrogen-bond acceptors (Lipinski definition) is 8. The van der Waals surface area contributed by atoms with E-state index in [1.54, 1.807) is 61.8 Å². The van der Waals surface area contributed by atoms with Crippen molar-refractivity contribution in [1.82, 2.24) is 19.9 Å². The molecule has 3 aromatic rings. The van der Waals surface area contributed by atoms with Gasteiger partial charge < -0.3 is 33.1 Å². The van der Waals surface area contributed by atoms with Crippen LogP contribution in [0.25, 0.3) is 11.3 Å². The highest BCUT2D eigenvalue weighted by Gasteiger charge is 2.25. The summed E-state index contributed by atoms with van der Waals surface area (Å²) in [5, 5.41) is 4.01. The van der Waals surface area contributed by atoms with Crippen molar-refractivity contribution in [3.05, 3.63) is 54.1 Å². The Labute approximate surface area is 210 Å². The molecular weight excluding hydrogens is 464 g/mol. The summed E-state index contributed by atoms with van der Waals surface area (Å²) >= 11 is 0. The zero-order valence-corrected chi connectivity index (χ0v) is 20.9. The average Bonchev–Trinajstić information content (AvgIpc) is 3.62. The molecule has 192 valence electrons. The Bertz CT molecular complexity index is 1150. The summed E-state index contributed by atoms with van der Waals surface area (Å²) in [6.07, 6.45) is 1.77. The van der Waals surface area contributed by atoms with Gasteiger partial charge in [-0.3, -0.25) is 9.59 Å². The van der Waals surface area contributed by atoms with Crippen LogP contribution in [-0.4, -0.2) is 85.2 Å². The molecule has 36 heavy (non-hydrogen) atoms. The van der Waals surface area contributed by atoms with E-state index in [1.165, 1.54) is 0 Å². The Morgan fingerprint density at radius 2 is 1.89 bits per heavy atom. The summed E-state index contributed by atoms with van der Waals surface area (Å²) in [7, 11) is 3.12. The van der Waals surface area contributed by atoms with Gasteiger partial charge in [-0.25, -0.2) is 0 Å². The first-order valence-corrected chi connectivity index (χ1v) is 12.0. The monoisotopic (exact) mass is 496 g/mol. The fourth-order valence-corrected chi connectivity index (χ4v) is 4.22. The van der Waals surface area contributed by atoms with Crippen molar-refractivity contribution >= 4 is 11.8 Å². The highest BCUT2D eigenvalue weighted by molar-refractivity contribution is 5.93. The van der Waals surface area contributed by atoms with E-state index < -0.39 is 0 Å². The Kier molecular flexibility index (Phi) is 8.27. The molecule has 0 spiro atoms. The van der Waals surface area contributed by atoms with Crippen LogP contribution < -0.4 is 9.47 Å². The molecule has 1 saturated heterocycles. The number of likely N-dealkylation sites (N-methyl/N-ethyl adjacent to an activating group) is 1. The van der Waals surface area contributed by atoms with Gasteiger partial charge in [-0.05, 0) is 36.9 Å². The molecule has 1 aliphatic rings. The van der Waals surface area contributed by atoms with Gasteiger partial charge in [-0.2, -0.15) is 0 Å². The molecule has 10 heteroatoms. The Morgan fingerprint density at radius 1 is 1.08 bits per heavy atom. The summed E-state index contributed by atoms with van der Waals surface area (Å²) < 4.78 is 21.7. The molecule has 2 amide bonds. The van der Waals surface area contributed by atoms with Crippen molar-refractivity contribution in [1.29, 1.82) is 0 Å². The van der Waals surface area contributed by atoms with Crippen molar-refractivity contribution in [2.75, 3.05) is 53.5 Å². The molecule has 10 nitrogen and oxygen atoms in total. The molecular formula is C26H32N4O6. The van der Waals surface area contributed by atoms with E-state index in [-0.39, 0.29) is 37.0 Å². The number of aromatic nitrogens is 1. The van der Waals surface area contributed by atoms with Crippen molar-refractivity contribution in [3.63, 3.8) is 0 Å². The Hall–Kier alpha value is -3.79. The van der Waals surface area contributed by atoms with E-state index >= 15 is 0 Å². The smallest absolute Gasteiger partial charge is 0.276 e. The first kappa shape index (κ1) is 25.3. The molecule has 4 rings (SSSR count). The van der Waals surface area contributed by atoms with Gasteiger partial charge >= 0.3 is 0 Å². The van der Waals surface area contributed by atoms with Gasteiger partial charge in [0.25, 0.3) is 5.91 Å². The van der Waals surface area contributed by atoms with Crippen LogP contribution in [0.4, 0.5) is 0 Å². The van der Waals surface area contributed by atoms with Crippen LogP contribution >= 0.6 is 0 Å². The van der Waals surface area contributed by atoms with Crippen LogP contribution in [0.3, 0.4) is 0 Å². The number of carbonyl (C=O) groups excluding carboxylic acids is 2. The highest BCUT2D eigenvalue weighted by atomic mass is 16.5. The van der Waals surface area contributed by atoms with Gasteiger partial charge in [-0.1, -0.05) is 12.1 Å². The second kappa shape index (κ2) is 11.8. The second-order valence-corrected chi connectivity index (χ2v) is 8.51. The predicted octanol–water partition coefficient (Wildman–Crippen LogP) is 3.15. The number of benzene rings is 1. The van der Waals surface area contributed by atoms with Crippen molar-refractivity contribution in [3.8, 4) is 22.8 Å². The number of carbonyl (C=O) groups is 2. The fraction of sp³-hybridized carbons (Fsp3) is 0.423. The van der Waals surface area contributed by atoms with Crippen LogP contribution in [0, 0.1) is 0 Å². The summed E-state index contributed by atoms with van der Waals surface area (Å²) in [6, 6.07) is 10.4. The van der Waals surface area contributed by atoms with Crippen LogP contribution in [0.2, 0.25) is 0 Å². The first-order chi connectivity index (χ1) is 17.5. The number of rotatable bonds is 10. The maximum absolute atomic E-state index is 13.4. The molecule has 0 atom stereocenters. The lowest BCUT2D eigenvalue weighted by atomic mass is 10.1. The average molecular weight is 497 g/mol. The zero-order valence-electron chi connectivity index (χ0n) is 20.9. The maximum Gasteiger partial charge on any atom is 0.276 e. The minimum Gasteiger partial charge on any atom is -0.497 e. The molecule has 1 fully saturated rings. The number of hydrogen-bond donors (Lipinski definition) is 0. The Balaban J connectivity index is 1.49. The van der Waals surface area contributed by atoms with Gasteiger partial charge in [-0.15, -0.1) is 0 Å². The first-order valence-electron chi connectivity index (χ1n) is 12.0. The summed E-state index contributed by atoms with van der Waals surface area (Å²) in [5.74, 6) is 1.85. The molecule has 0 unspecified atom stereocenters. The summed E-state index contributed by atoms with van der Waals surface area (Å²) in [6.45, 7) is 6.69. The van der Waals surface area contributed by atoms with Gasteiger partial charge in [0.1, 0.15) is 17.3 Å². The van der Waals surface area contributed by atoms with E-state index in [1.807, 2.05) is 4.90 Å². The number of ether oxygens (including phenoxy) is 2. The normalized spacial score (nSPS) is 14.0. The van der Waals surface area contributed by atoms with E-state index in [4.69, 9.17) is 18.4 Å². The molecule has 2 aromatic heterocycles. The molecule has 1 aliphatic heterocycles. The van der Waals surface area contributed by atoms with E-state index in [0.29, 0.717) is 41.7 Å². The third-order valence-electron chi connectivity index (χ3n) is 6.38. The summed E-state index contributed by atoms with van der Waals surface area (Å²) in [4.78, 5) is 32.0. The third-order valence-corrected chi connectivity index (χ3v) is 6.38. The summed E-state index contributed by atoms with van der Waals surface area (Å²) in [5.41, 5.74) is 0.743. The molecule has 0 radical (unpaired) electrons. The second-order valence-electron chi connectivity index (χ2n) is 8.51. The van der Waals surface area contributed by atoms with Gasteiger partial charge in [0.05, 0.1) is 32.6 Å². The van der Waals surface area contributed by atoms with Crippen molar-refractivity contribution in [2.45, 2.75) is 19.9 Å². The van der Waals surface area contributed by atoms with Crippen LogP contribution in [-0.2, 0) is 11.3 Å². The fourth-order valence-electron chi connectivity index (χ4n) is 4.22. The minimum absolute atomic E-state index is 0.0324. The maximum atomic E-state index is 13.4. The standard InChI is InChI=1S/C26H32N4O6/c1-4-28-11-13-29(14-12-28)25(31)9-10-30(18-20-6-5-15-35-20)26(32)22-17-24(36-27-22)21-16-19(33-2)7-8-23(21)34-3/h5-8,15-17H,4,9-14,18H2,1-3H3. The van der Waals surface area contributed by atoms with Gasteiger partial charge in [0.2, 0.25) is 5.91 Å². The molecule has 0 bridgehead atoms. The molecule has 0 saturated carbocycles. The molecule has 0 aliphatic carbocycles.